The van der Waals surface area contributed by atoms with Crippen LogP contribution in [0.3, 0.4) is 0 Å². The molecule has 0 heterocycles. The second kappa shape index (κ2) is 5.36. The maximum atomic E-state index is 6.79. The van der Waals surface area contributed by atoms with E-state index in [9.17, 15) is 0 Å². The summed E-state index contributed by atoms with van der Waals surface area (Å²) in [5, 5.41) is 0. The lowest BCUT2D eigenvalue weighted by molar-refractivity contribution is 1.39. The van der Waals surface area contributed by atoms with E-state index in [1.807, 2.05) is 24.3 Å². The predicted octanol–water partition coefficient (Wildman–Crippen LogP) is 3.08. The molecule has 0 N–H and O–H groups in total. The van der Waals surface area contributed by atoms with Crippen LogP contribution in [0.2, 0.25) is 0 Å². The molecule has 0 aromatic heterocycles. The summed E-state index contributed by atoms with van der Waals surface area (Å²) < 4.78 is 6.79. The molecular formula is C9H14. The van der Waals surface area contributed by atoms with Crippen LogP contribution in [-0.4, -0.2) is 0 Å². The molecule has 0 aromatic rings. The Morgan fingerprint density at radius 3 is 2.56 bits per heavy atom. The zero-order valence-corrected chi connectivity index (χ0v) is 6.09. The minimum Gasteiger partial charge on any atom is -0.0877 e. The van der Waals surface area contributed by atoms with Crippen LogP contribution in [0.25, 0.3) is 0 Å². The lowest BCUT2D eigenvalue weighted by atomic mass is 10.3. The molecule has 9 heavy (non-hydrogen) atoms. The van der Waals surface area contributed by atoms with Gasteiger partial charge in [-0.15, -0.1) is 0 Å². The van der Waals surface area contributed by atoms with Crippen LogP contribution in [0.4, 0.5) is 0 Å². The Balaban J connectivity index is 3.57. The van der Waals surface area contributed by atoms with Gasteiger partial charge in [-0.05, 0) is 20.7 Å². The van der Waals surface area contributed by atoms with Gasteiger partial charge in [0.1, 0.15) is 0 Å². The molecule has 0 amide bonds. The van der Waals surface area contributed by atoms with Gasteiger partial charge >= 0.3 is 0 Å². The van der Waals surface area contributed by atoms with Crippen LogP contribution in [-0.2, 0) is 0 Å². The standard InChI is InChI=1S/C9H14/c1-4-5-6-7-8-9(2)3/h4-8H,1-3H3/b5-4+,7-6-/i1D. The number of hydrogen-bond donors (Lipinski definition) is 0. The molecule has 0 atom stereocenters. The van der Waals surface area contributed by atoms with E-state index in [4.69, 9.17) is 1.37 Å². The van der Waals surface area contributed by atoms with E-state index >= 15 is 0 Å². The Morgan fingerprint density at radius 2 is 2.00 bits per heavy atom. The van der Waals surface area contributed by atoms with Crippen molar-refractivity contribution >= 4 is 0 Å². The summed E-state index contributed by atoms with van der Waals surface area (Å²) in [5.41, 5.74) is 1.29. The molecule has 0 rings (SSSR count). The third-order valence-corrected chi connectivity index (χ3v) is 0.788. The molecule has 0 aliphatic heterocycles. The van der Waals surface area contributed by atoms with Crippen LogP contribution in [0.5, 0.6) is 0 Å². The molecule has 50 valence electrons. The summed E-state index contributed by atoms with van der Waals surface area (Å²) in [6.07, 6.45) is 9.62. The number of allylic oxidation sites excluding steroid dienone is 6. The molecular weight excluding hydrogens is 108 g/mol. The van der Waals surface area contributed by atoms with Crippen LogP contribution >= 0.6 is 0 Å². The molecule has 0 fully saturated rings. The first kappa shape index (κ1) is 6.34. The van der Waals surface area contributed by atoms with Crippen molar-refractivity contribution in [3.05, 3.63) is 36.0 Å². The molecule has 0 radical (unpaired) electrons. The van der Waals surface area contributed by atoms with Gasteiger partial charge in [-0.2, -0.15) is 0 Å². The zero-order valence-electron chi connectivity index (χ0n) is 7.09. The fourth-order valence-electron chi connectivity index (χ4n) is 0.391. The highest BCUT2D eigenvalue weighted by Gasteiger charge is 1.66. The van der Waals surface area contributed by atoms with Crippen LogP contribution in [0, 0.1) is 0 Å². The summed E-state index contributed by atoms with van der Waals surface area (Å²) in [6.45, 7) is 4.47. The quantitative estimate of drug-likeness (QED) is 0.495. The van der Waals surface area contributed by atoms with Gasteiger partial charge in [0, 0.05) is 1.37 Å². The second-order valence-corrected chi connectivity index (χ2v) is 2.06. The lowest BCUT2D eigenvalue weighted by Gasteiger charge is -1.79. The van der Waals surface area contributed by atoms with Crippen molar-refractivity contribution in [1.82, 2.24) is 0 Å². The normalized spacial score (nSPS) is 12.4. The van der Waals surface area contributed by atoms with E-state index in [1.165, 1.54) is 5.57 Å². The second-order valence-electron chi connectivity index (χ2n) is 2.06. The molecule has 0 aliphatic rings. The molecule has 0 spiro atoms. The summed E-state index contributed by atoms with van der Waals surface area (Å²) in [5.74, 6) is 0. The van der Waals surface area contributed by atoms with Crippen molar-refractivity contribution in [2.45, 2.75) is 20.7 Å². The highest BCUT2D eigenvalue weighted by molar-refractivity contribution is 5.13. The van der Waals surface area contributed by atoms with Crippen LogP contribution in [0.15, 0.2) is 36.0 Å². The Bertz CT molecular complexity index is 148. The van der Waals surface area contributed by atoms with Crippen molar-refractivity contribution in [1.29, 1.82) is 0 Å². The van der Waals surface area contributed by atoms with Gasteiger partial charge in [0.05, 0.1) is 0 Å². The fourth-order valence-corrected chi connectivity index (χ4v) is 0.391. The summed E-state index contributed by atoms with van der Waals surface area (Å²) in [4.78, 5) is 0. The molecule has 0 aliphatic carbocycles. The Morgan fingerprint density at radius 1 is 1.22 bits per heavy atom. The Kier molecular flexibility index (Phi) is 3.78. The van der Waals surface area contributed by atoms with Crippen molar-refractivity contribution in [2.24, 2.45) is 0 Å². The number of rotatable bonds is 2. The maximum Gasteiger partial charge on any atom is 0.0273 e. The summed E-state index contributed by atoms with van der Waals surface area (Å²) >= 11 is 0. The van der Waals surface area contributed by atoms with Gasteiger partial charge in [-0.3, -0.25) is 0 Å². The first-order valence-electron chi connectivity index (χ1n) is 3.74. The Labute approximate surface area is 59.0 Å². The largest absolute Gasteiger partial charge is 0.0877 e. The molecule has 0 bridgehead atoms. The zero-order chi connectivity index (χ0) is 7.82. The molecule has 0 heteroatoms. The third kappa shape index (κ3) is 7.22. The molecule has 0 saturated heterocycles. The smallest absolute Gasteiger partial charge is 0.0273 e. The van der Waals surface area contributed by atoms with Gasteiger partial charge in [0.2, 0.25) is 0 Å². The predicted molar refractivity (Wildman–Crippen MR) is 43.4 cm³/mol. The van der Waals surface area contributed by atoms with E-state index in [2.05, 4.69) is 13.8 Å². The van der Waals surface area contributed by atoms with Gasteiger partial charge in [0.25, 0.3) is 0 Å². The van der Waals surface area contributed by atoms with E-state index in [0.717, 1.165) is 0 Å². The van der Waals surface area contributed by atoms with Crippen molar-refractivity contribution < 1.29 is 1.37 Å². The molecule has 0 aromatic carbocycles. The van der Waals surface area contributed by atoms with Crippen molar-refractivity contribution in [2.75, 3.05) is 0 Å². The summed E-state index contributed by atoms with van der Waals surface area (Å²) in [6, 6.07) is 0. The SMILES string of the molecule is [2H]C/C=C/C=C\C=C(C)C. The monoisotopic (exact) mass is 123 g/mol. The van der Waals surface area contributed by atoms with E-state index in [-0.39, 0.29) is 0 Å². The number of hydrogen-bond acceptors (Lipinski definition) is 0. The first-order valence-corrected chi connectivity index (χ1v) is 3.03. The third-order valence-electron chi connectivity index (χ3n) is 0.788. The van der Waals surface area contributed by atoms with Gasteiger partial charge < -0.3 is 0 Å². The first-order chi connectivity index (χ1) is 4.77. The summed E-state index contributed by atoms with van der Waals surface area (Å²) in [7, 11) is 0. The minimum absolute atomic E-state index is 0.360. The Hall–Kier alpha value is -0.780. The highest BCUT2D eigenvalue weighted by atomic mass is 13.7. The van der Waals surface area contributed by atoms with Crippen molar-refractivity contribution in [3.8, 4) is 0 Å². The van der Waals surface area contributed by atoms with Crippen LogP contribution < -0.4 is 0 Å². The molecule has 0 saturated carbocycles. The minimum atomic E-state index is 0.360. The van der Waals surface area contributed by atoms with E-state index in [0.29, 0.717) is 6.90 Å². The average molecular weight is 123 g/mol. The van der Waals surface area contributed by atoms with Gasteiger partial charge in [-0.1, -0.05) is 36.0 Å². The van der Waals surface area contributed by atoms with E-state index in [1.54, 1.807) is 6.08 Å². The molecule has 0 unspecified atom stereocenters. The van der Waals surface area contributed by atoms with Crippen LogP contribution in [0.1, 0.15) is 22.1 Å². The molecule has 0 nitrogen and oxygen atoms in total. The fraction of sp³-hybridized carbons (Fsp3) is 0.333. The lowest BCUT2D eigenvalue weighted by Crippen LogP contribution is -1.57. The average Bonchev–Trinajstić information content (AvgIpc) is 1.87. The highest BCUT2D eigenvalue weighted by Crippen LogP contribution is 1.88. The van der Waals surface area contributed by atoms with Gasteiger partial charge in [-0.25, -0.2) is 0 Å². The van der Waals surface area contributed by atoms with Crippen molar-refractivity contribution in [3.63, 3.8) is 0 Å². The maximum absolute atomic E-state index is 6.79. The van der Waals surface area contributed by atoms with Gasteiger partial charge in [0.15, 0.2) is 0 Å². The van der Waals surface area contributed by atoms with E-state index < -0.39 is 0 Å². The topological polar surface area (TPSA) is 0 Å².